The molecule has 0 aromatic heterocycles. The first kappa shape index (κ1) is 15.0. The minimum absolute atomic E-state index is 0.0895. The molecule has 1 fully saturated rings. The van der Waals surface area contributed by atoms with E-state index in [2.05, 4.69) is 10.6 Å². The Morgan fingerprint density at radius 1 is 1.10 bits per heavy atom. The number of carbonyl (C=O) groups excluding carboxylic acids is 2. The van der Waals surface area contributed by atoms with Crippen molar-refractivity contribution >= 4 is 17.5 Å². The summed E-state index contributed by atoms with van der Waals surface area (Å²) in [5.41, 5.74) is 0.577. The highest BCUT2D eigenvalue weighted by molar-refractivity contribution is 6.08. The molecule has 0 bridgehead atoms. The first-order valence-electron chi connectivity index (χ1n) is 7.26. The second kappa shape index (κ2) is 7.44. The van der Waals surface area contributed by atoms with Crippen molar-refractivity contribution in [3.05, 3.63) is 30.3 Å². The quantitative estimate of drug-likeness (QED) is 0.832. The molecule has 0 unspecified atom stereocenters. The largest absolute Gasteiger partial charge is 0.352 e. The molecule has 1 aromatic rings. The van der Waals surface area contributed by atoms with Gasteiger partial charge in [-0.3, -0.25) is 9.59 Å². The van der Waals surface area contributed by atoms with Gasteiger partial charge in [0.15, 0.2) is 0 Å². The molecule has 0 saturated heterocycles. The van der Waals surface area contributed by atoms with Gasteiger partial charge in [0.05, 0.1) is 6.07 Å². The zero-order chi connectivity index (χ0) is 15.1. The molecule has 21 heavy (non-hydrogen) atoms. The smallest absolute Gasteiger partial charge is 0.251 e. The van der Waals surface area contributed by atoms with Crippen LogP contribution in [0.2, 0.25) is 0 Å². The van der Waals surface area contributed by atoms with Gasteiger partial charge >= 0.3 is 0 Å². The van der Waals surface area contributed by atoms with Gasteiger partial charge in [0.25, 0.3) is 5.91 Å². The summed E-state index contributed by atoms with van der Waals surface area (Å²) in [4.78, 5) is 24.1. The zero-order valence-corrected chi connectivity index (χ0v) is 11.8. The van der Waals surface area contributed by atoms with Gasteiger partial charge in [-0.15, -0.1) is 0 Å². The van der Waals surface area contributed by atoms with Crippen LogP contribution in [0.1, 0.15) is 32.1 Å². The van der Waals surface area contributed by atoms with Gasteiger partial charge in [0, 0.05) is 11.7 Å². The molecule has 1 atom stereocenters. The summed E-state index contributed by atoms with van der Waals surface area (Å²) in [5, 5.41) is 14.5. The molecule has 1 saturated carbocycles. The van der Waals surface area contributed by atoms with Crippen molar-refractivity contribution in [2.45, 2.75) is 38.1 Å². The molecule has 0 radical (unpaired) electrons. The second-order valence-corrected chi connectivity index (χ2v) is 5.26. The van der Waals surface area contributed by atoms with Gasteiger partial charge in [-0.25, -0.2) is 0 Å². The normalized spacial score (nSPS) is 16.5. The Kier molecular flexibility index (Phi) is 5.33. The van der Waals surface area contributed by atoms with E-state index in [0.29, 0.717) is 5.69 Å². The average Bonchev–Trinajstić information content (AvgIpc) is 2.50. The number of hydrogen-bond donors (Lipinski definition) is 2. The Balaban J connectivity index is 1.93. The van der Waals surface area contributed by atoms with Crippen molar-refractivity contribution < 1.29 is 9.59 Å². The predicted molar refractivity (Wildman–Crippen MR) is 79.2 cm³/mol. The van der Waals surface area contributed by atoms with E-state index in [-0.39, 0.29) is 6.04 Å². The van der Waals surface area contributed by atoms with Crippen molar-refractivity contribution in [2.24, 2.45) is 5.92 Å². The van der Waals surface area contributed by atoms with Crippen LogP contribution in [0, 0.1) is 17.2 Å². The van der Waals surface area contributed by atoms with Gasteiger partial charge in [-0.05, 0) is 25.0 Å². The van der Waals surface area contributed by atoms with Crippen LogP contribution < -0.4 is 10.6 Å². The lowest BCUT2D eigenvalue weighted by atomic mass is 9.95. The third-order valence-electron chi connectivity index (χ3n) is 3.65. The fourth-order valence-electron chi connectivity index (χ4n) is 2.50. The van der Waals surface area contributed by atoms with Gasteiger partial charge in [0.1, 0.15) is 0 Å². The number of rotatable bonds is 4. The lowest BCUT2D eigenvalue weighted by Crippen LogP contribution is -2.43. The molecule has 2 rings (SSSR count). The molecule has 0 aliphatic heterocycles. The summed E-state index contributed by atoms with van der Waals surface area (Å²) in [5.74, 6) is -2.40. The summed E-state index contributed by atoms with van der Waals surface area (Å²) in [6.07, 6.45) is 5.19. The Morgan fingerprint density at radius 3 is 2.38 bits per heavy atom. The number of nitrogens with one attached hydrogen (secondary N) is 2. The zero-order valence-electron chi connectivity index (χ0n) is 11.8. The van der Waals surface area contributed by atoms with Crippen molar-refractivity contribution in [3.63, 3.8) is 0 Å². The third-order valence-corrected chi connectivity index (χ3v) is 3.65. The average molecular weight is 285 g/mol. The number of amides is 2. The standard InChI is InChI=1S/C16H19N3O2/c17-11-14(15(20)18-12-7-3-1-4-8-12)16(21)19-13-9-5-2-6-10-13/h1,3-4,7-8,13-14H,2,5-6,9-10H2,(H,18,20)(H,19,21)/t14-/m0/s1. The molecule has 5 nitrogen and oxygen atoms in total. The fourth-order valence-corrected chi connectivity index (χ4v) is 2.50. The molecule has 1 aliphatic carbocycles. The van der Waals surface area contributed by atoms with Crippen LogP contribution in [0.4, 0.5) is 5.69 Å². The van der Waals surface area contributed by atoms with Crippen LogP contribution >= 0.6 is 0 Å². The lowest BCUT2D eigenvalue weighted by molar-refractivity contribution is -0.130. The highest BCUT2D eigenvalue weighted by Crippen LogP contribution is 2.18. The number of hydrogen-bond acceptors (Lipinski definition) is 3. The van der Waals surface area contributed by atoms with Crippen LogP contribution in [0.3, 0.4) is 0 Å². The van der Waals surface area contributed by atoms with E-state index in [1.807, 2.05) is 6.07 Å². The Hall–Kier alpha value is -2.35. The Labute approximate surface area is 124 Å². The van der Waals surface area contributed by atoms with E-state index < -0.39 is 17.7 Å². The Bertz CT molecular complexity index is 530. The third kappa shape index (κ3) is 4.32. The number of anilines is 1. The maximum atomic E-state index is 12.1. The summed E-state index contributed by atoms with van der Waals surface area (Å²) in [6.45, 7) is 0. The van der Waals surface area contributed by atoms with Gasteiger partial charge in [0.2, 0.25) is 11.8 Å². The van der Waals surface area contributed by atoms with E-state index in [0.717, 1.165) is 25.7 Å². The second-order valence-electron chi connectivity index (χ2n) is 5.26. The summed E-state index contributed by atoms with van der Waals surface area (Å²) in [7, 11) is 0. The van der Waals surface area contributed by atoms with Crippen LogP contribution in [0.25, 0.3) is 0 Å². The summed E-state index contributed by atoms with van der Waals surface area (Å²) < 4.78 is 0. The van der Waals surface area contributed by atoms with E-state index in [1.165, 1.54) is 6.42 Å². The first-order valence-corrected chi connectivity index (χ1v) is 7.26. The highest BCUT2D eigenvalue weighted by atomic mass is 16.2. The summed E-state index contributed by atoms with van der Waals surface area (Å²) in [6, 6.07) is 10.7. The van der Waals surface area contributed by atoms with E-state index in [1.54, 1.807) is 30.3 Å². The predicted octanol–water partition coefficient (Wildman–Crippen LogP) is 2.21. The lowest BCUT2D eigenvalue weighted by Gasteiger charge is -2.23. The molecular weight excluding hydrogens is 266 g/mol. The van der Waals surface area contributed by atoms with Crippen molar-refractivity contribution in [3.8, 4) is 6.07 Å². The molecule has 2 N–H and O–H groups in total. The number of nitrogens with zero attached hydrogens (tertiary/aromatic N) is 1. The first-order chi connectivity index (χ1) is 10.2. The van der Waals surface area contributed by atoms with Crippen LogP contribution in [-0.4, -0.2) is 17.9 Å². The van der Waals surface area contributed by atoms with E-state index >= 15 is 0 Å². The molecule has 5 heteroatoms. The van der Waals surface area contributed by atoms with Gasteiger partial charge in [-0.2, -0.15) is 5.26 Å². The SMILES string of the molecule is N#C[C@@H](C(=O)Nc1ccccc1)C(=O)NC1CCCCC1. The number of nitriles is 1. The molecule has 2 amide bonds. The van der Waals surface area contributed by atoms with Crippen molar-refractivity contribution in [1.82, 2.24) is 5.32 Å². The molecule has 0 heterocycles. The monoisotopic (exact) mass is 285 g/mol. The molecule has 0 spiro atoms. The Morgan fingerprint density at radius 2 is 1.76 bits per heavy atom. The molecular formula is C16H19N3O2. The van der Waals surface area contributed by atoms with Crippen LogP contribution in [-0.2, 0) is 9.59 Å². The maximum Gasteiger partial charge on any atom is 0.251 e. The fraction of sp³-hybridized carbons (Fsp3) is 0.438. The number of benzene rings is 1. The van der Waals surface area contributed by atoms with Crippen molar-refractivity contribution in [2.75, 3.05) is 5.32 Å². The maximum absolute atomic E-state index is 12.1. The number of carbonyl (C=O) groups is 2. The molecule has 1 aromatic carbocycles. The minimum atomic E-state index is -1.31. The highest BCUT2D eigenvalue weighted by Gasteiger charge is 2.28. The van der Waals surface area contributed by atoms with E-state index in [4.69, 9.17) is 5.26 Å². The van der Waals surface area contributed by atoms with Gasteiger partial charge < -0.3 is 10.6 Å². The van der Waals surface area contributed by atoms with Crippen LogP contribution in [0.15, 0.2) is 30.3 Å². The number of para-hydroxylation sites is 1. The van der Waals surface area contributed by atoms with Gasteiger partial charge in [-0.1, -0.05) is 37.5 Å². The van der Waals surface area contributed by atoms with Crippen LogP contribution in [0.5, 0.6) is 0 Å². The minimum Gasteiger partial charge on any atom is -0.352 e. The molecule has 110 valence electrons. The molecule has 1 aliphatic rings. The van der Waals surface area contributed by atoms with E-state index in [9.17, 15) is 9.59 Å². The van der Waals surface area contributed by atoms with Crippen molar-refractivity contribution in [1.29, 1.82) is 5.26 Å². The topological polar surface area (TPSA) is 82.0 Å². The summed E-state index contributed by atoms with van der Waals surface area (Å²) >= 11 is 0.